The lowest BCUT2D eigenvalue weighted by atomic mass is 10.4. The molecular formula is C12H26N2O3S. The molecule has 0 saturated carbocycles. The lowest BCUT2D eigenvalue weighted by Crippen LogP contribution is -2.34. The largest absolute Gasteiger partial charge is 0.382 e. The van der Waals surface area contributed by atoms with Gasteiger partial charge in [0.15, 0.2) is 9.84 Å². The molecule has 18 heavy (non-hydrogen) atoms. The Kier molecular flexibility index (Phi) is 7.81. The van der Waals surface area contributed by atoms with Crippen LogP contribution in [0.4, 0.5) is 0 Å². The minimum Gasteiger partial charge on any atom is -0.382 e. The van der Waals surface area contributed by atoms with Gasteiger partial charge in [-0.3, -0.25) is 0 Å². The summed E-state index contributed by atoms with van der Waals surface area (Å²) < 4.78 is 28.1. The Labute approximate surface area is 111 Å². The average Bonchev–Trinajstić information content (AvgIpc) is 2.50. The van der Waals surface area contributed by atoms with Crippen LogP contribution in [0.5, 0.6) is 0 Å². The molecule has 1 saturated heterocycles. The summed E-state index contributed by atoms with van der Waals surface area (Å²) in [7, 11) is -2.78. The van der Waals surface area contributed by atoms with Crippen LogP contribution in [-0.2, 0) is 14.6 Å². The third-order valence-corrected chi connectivity index (χ3v) is 4.81. The second-order valence-corrected chi connectivity index (χ2v) is 6.95. The maximum absolute atomic E-state index is 11.4. The van der Waals surface area contributed by atoms with Crippen molar-refractivity contribution in [3.63, 3.8) is 0 Å². The molecule has 0 unspecified atom stereocenters. The predicted octanol–water partition coefficient (Wildman–Crippen LogP) is 0.123. The van der Waals surface area contributed by atoms with Gasteiger partial charge in [0, 0.05) is 32.8 Å². The van der Waals surface area contributed by atoms with Crippen LogP contribution in [0.2, 0.25) is 0 Å². The van der Waals surface area contributed by atoms with Gasteiger partial charge in [-0.1, -0.05) is 0 Å². The van der Waals surface area contributed by atoms with Crippen LogP contribution in [0.25, 0.3) is 0 Å². The Bertz CT molecular complexity index is 306. The molecule has 0 bridgehead atoms. The first-order chi connectivity index (χ1) is 8.64. The molecule has 0 atom stereocenters. The zero-order chi connectivity index (χ0) is 13.3. The van der Waals surface area contributed by atoms with Gasteiger partial charge in [-0.25, -0.2) is 8.42 Å². The molecule has 108 valence electrons. The molecule has 1 aliphatic heterocycles. The number of hydrogen-bond donors (Lipinski definition) is 1. The van der Waals surface area contributed by atoms with Gasteiger partial charge in [0.05, 0.1) is 11.5 Å². The zero-order valence-corrected chi connectivity index (χ0v) is 12.2. The highest BCUT2D eigenvalue weighted by atomic mass is 32.2. The number of nitrogens with one attached hydrogen (secondary N) is 1. The second-order valence-electron chi connectivity index (χ2n) is 4.65. The Balaban J connectivity index is 2.02. The van der Waals surface area contributed by atoms with Crippen LogP contribution < -0.4 is 5.32 Å². The molecule has 1 rings (SSSR count). The highest BCUT2D eigenvalue weighted by Gasteiger charge is 2.18. The third kappa shape index (κ3) is 7.31. The van der Waals surface area contributed by atoms with Crippen molar-refractivity contribution in [3.05, 3.63) is 0 Å². The highest BCUT2D eigenvalue weighted by Crippen LogP contribution is 2.03. The molecule has 0 radical (unpaired) electrons. The van der Waals surface area contributed by atoms with E-state index in [9.17, 15) is 8.42 Å². The summed E-state index contributed by atoms with van der Waals surface area (Å²) in [6, 6.07) is 0. The SMILES string of the molecule is CCOCCCNCCN1CCCS(=O)(=O)CC1. The summed E-state index contributed by atoms with van der Waals surface area (Å²) in [4.78, 5) is 2.24. The first-order valence-corrected chi connectivity index (χ1v) is 8.67. The van der Waals surface area contributed by atoms with Crippen molar-refractivity contribution >= 4 is 9.84 Å². The van der Waals surface area contributed by atoms with Crippen molar-refractivity contribution in [3.8, 4) is 0 Å². The van der Waals surface area contributed by atoms with Crippen LogP contribution in [0, 0.1) is 0 Å². The molecule has 1 aliphatic rings. The van der Waals surface area contributed by atoms with Crippen LogP contribution in [0.3, 0.4) is 0 Å². The summed E-state index contributed by atoms with van der Waals surface area (Å²) >= 11 is 0. The van der Waals surface area contributed by atoms with Crippen molar-refractivity contribution in [2.24, 2.45) is 0 Å². The Morgan fingerprint density at radius 3 is 2.83 bits per heavy atom. The average molecular weight is 278 g/mol. The van der Waals surface area contributed by atoms with Gasteiger partial charge in [-0.05, 0) is 32.9 Å². The smallest absolute Gasteiger partial charge is 0.151 e. The fraction of sp³-hybridized carbons (Fsp3) is 1.00. The number of ether oxygens (including phenoxy) is 1. The summed E-state index contributed by atoms with van der Waals surface area (Å²) in [5.74, 6) is 0.669. The molecule has 0 aromatic heterocycles. The van der Waals surface area contributed by atoms with Crippen molar-refractivity contribution in [1.29, 1.82) is 0 Å². The fourth-order valence-electron chi connectivity index (χ4n) is 2.02. The molecule has 6 heteroatoms. The maximum atomic E-state index is 11.4. The van der Waals surface area contributed by atoms with E-state index in [1.165, 1.54) is 0 Å². The Morgan fingerprint density at radius 2 is 2.06 bits per heavy atom. The molecule has 0 aromatic carbocycles. The van der Waals surface area contributed by atoms with Crippen LogP contribution >= 0.6 is 0 Å². The molecule has 1 fully saturated rings. The molecule has 1 N–H and O–H groups in total. The van der Waals surface area contributed by atoms with Crippen molar-refractivity contribution in [1.82, 2.24) is 10.2 Å². The van der Waals surface area contributed by atoms with E-state index in [2.05, 4.69) is 10.2 Å². The van der Waals surface area contributed by atoms with E-state index < -0.39 is 9.84 Å². The van der Waals surface area contributed by atoms with Gasteiger partial charge >= 0.3 is 0 Å². The normalized spacial score (nSPS) is 20.7. The summed E-state index contributed by atoms with van der Waals surface area (Å²) in [6.45, 7) is 8.00. The monoisotopic (exact) mass is 278 g/mol. The molecule has 0 aliphatic carbocycles. The van der Waals surface area contributed by atoms with Gasteiger partial charge < -0.3 is 15.0 Å². The quantitative estimate of drug-likeness (QED) is 0.639. The van der Waals surface area contributed by atoms with E-state index >= 15 is 0 Å². The predicted molar refractivity (Wildman–Crippen MR) is 73.7 cm³/mol. The minimum atomic E-state index is -2.78. The van der Waals surface area contributed by atoms with Crippen molar-refractivity contribution < 1.29 is 13.2 Å². The van der Waals surface area contributed by atoms with E-state index in [0.29, 0.717) is 18.1 Å². The first kappa shape index (κ1) is 15.9. The summed E-state index contributed by atoms with van der Waals surface area (Å²) in [5, 5.41) is 3.36. The lowest BCUT2D eigenvalue weighted by molar-refractivity contribution is 0.144. The van der Waals surface area contributed by atoms with Gasteiger partial charge in [-0.2, -0.15) is 0 Å². The second kappa shape index (κ2) is 8.85. The van der Waals surface area contributed by atoms with Gasteiger partial charge in [0.1, 0.15) is 0 Å². The zero-order valence-electron chi connectivity index (χ0n) is 11.4. The number of rotatable bonds is 8. The summed E-state index contributed by atoms with van der Waals surface area (Å²) in [5.41, 5.74) is 0. The molecule has 0 spiro atoms. The van der Waals surface area contributed by atoms with Crippen molar-refractivity contribution in [2.75, 3.05) is 57.4 Å². The fourth-order valence-corrected chi connectivity index (χ4v) is 3.33. The van der Waals surface area contributed by atoms with Crippen LogP contribution in [0.15, 0.2) is 0 Å². The van der Waals surface area contributed by atoms with Crippen molar-refractivity contribution in [2.45, 2.75) is 19.8 Å². The third-order valence-electron chi connectivity index (χ3n) is 3.10. The topological polar surface area (TPSA) is 58.6 Å². The molecule has 0 amide bonds. The standard InChI is InChI=1S/C12H26N2O3S/c1-2-17-10-3-5-13-6-8-14-7-4-11-18(15,16)12-9-14/h13H,2-12H2,1H3. The summed E-state index contributed by atoms with van der Waals surface area (Å²) in [6.07, 6.45) is 1.80. The minimum absolute atomic E-state index is 0.317. The Hall–Kier alpha value is -0.170. The van der Waals surface area contributed by atoms with E-state index in [1.807, 2.05) is 6.92 Å². The Morgan fingerprint density at radius 1 is 1.22 bits per heavy atom. The lowest BCUT2D eigenvalue weighted by Gasteiger charge is -2.19. The molecular weight excluding hydrogens is 252 g/mol. The molecule has 5 nitrogen and oxygen atoms in total. The van der Waals surface area contributed by atoms with Gasteiger partial charge in [-0.15, -0.1) is 0 Å². The van der Waals surface area contributed by atoms with E-state index in [4.69, 9.17) is 4.74 Å². The van der Waals surface area contributed by atoms with Crippen LogP contribution in [0.1, 0.15) is 19.8 Å². The maximum Gasteiger partial charge on any atom is 0.151 e. The van der Waals surface area contributed by atoms with Crippen LogP contribution in [-0.4, -0.2) is 70.8 Å². The highest BCUT2D eigenvalue weighted by molar-refractivity contribution is 7.91. The van der Waals surface area contributed by atoms with E-state index in [1.54, 1.807) is 0 Å². The van der Waals surface area contributed by atoms with Gasteiger partial charge in [0.2, 0.25) is 0 Å². The van der Waals surface area contributed by atoms with E-state index in [0.717, 1.165) is 52.2 Å². The number of nitrogens with zero attached hydrogens (tertiary/aromatic N) is 1. The first-order valence-electron chi connectivity index (χ1n) is 6.85. The molecule has 1 heterocycles. The molecule has 0 aromatic rings. The number of hydrogen-bond acceptors (Lipinski definition) is 5. The van der Waals surface area contributed by atoms with Gasteiger partial charge in [0.25, 0.3) is 0 Å². The van der Waals surface area contributed by atoms with E-state index in [-0.39, 0.29) is 0 Å². The number of sulfone groups is 1.